The molecular formula is C21H15NO3S. The summed E-state index contributed by atoms with van der Waals surface area (Å²) < 4.78 is 27.6. The molecule has 0 amide bonds. The van der Waals surface area contributed by atoms with Crippen molar-refractivity contribution in [2.75, 3.05) is 4.72 Å². The molecule has 26 heavy (non-hydrogen) atoms. The molecule has 3 rings (SSSR count). The molecule has 128 valence electrons. The van der Waals surface area contributed by atoms with Crippen molar-refractivity contribution in [1.82, 2.24) is 0 Å². The molecular weight excluding hydrogens is 346 g/mol. The van der Waals surface area contributed by atoms with E-state index in [9.17, 15) is 13.2 Å². The van der Waals surface area contributed by atoms with Crippen LogP contribution in [0.2, 0.25) is 0 Å². The average Bonchev–Trinajstić information content (AvgIpc) is 2.68. The molecule has 0 aliphatic rings. The van der Waals surface area contributed by atoms with Crippen LogP contribution >= 0.6 is 0 Å². The Bertz CT molecular complexity index is 1060. The lowest BCUT2D eigenvalue weighted by Crippen LogP contribution is -2.12. The first-order valence-electron chi connectivity index (χ1n) is 7.82. The standard InChI is InChI=1S/C21H15NO3S/c23-16-4-5-17-8-12-20(13-9-17)22-26(24,25)21-14-10-19(11-15-21)18-6-2-1-3-7-18/h1-3,6-16,22H. The summed E-state index contributed by atoms with van der Waals surface area (Å²) in [6.07, 6.45) is 0.510. The summed E-state index contributed by atoms with van der Waals surface area (Å²) in [6.45, 7) is 0. The highest BCUT2D eigenvalue weighted by molar-refractivity contribution is 7.92. The Hall–Kier alpha value is -3.36. The van der Waals surface area contributed by atoms with Crippen LogP contribution in [0, 0.1) is 11.8 Å². The van der Waals surface area contributed by atoms with Crippen molar-refractivity contribution in [1.29, 1.82) is 0 Å². The fourth-order valence-electron chi connectivity index (χ4n) is 2.41. The molecule has 0 saturated carbocycles. The van der Waals surface area contributed by atoms with Gasteiger partial charge in [-0.2, -0.15) is 0 Å². The van der Waals surface area contributed by atoms with Crippen molar-refractivity contribution in [2.45, 2.75) is 4.90 Å². The summed E-state index contributed by atoms with van der Waals surface area (Å²) in [5.41, 5.74) is 3.03. The SMILES string of the molecule is O=CC#Cc1ccc(NS(=O)(=O)c2ccc(-c3ccccc3)cc2)cc1. The number of carbonyl (C=O) groups is 1. The van der Waals surface area contributed by atoms with E-state index in [4.69, 9.17) is 0 Å². The van der Waals surface area contributed by atoms with E-state index in [1.807, 2.05) is 30.3 Å². The summed E-state index contributed by atoms with van der Waals surface area (Å²) in [6, 6.07) is 23.0. The maximum atomic E-state index is 12.5. The van der Waals surface area contributed by atoms with Crippen LogP contribution in [-0.4, -0.2) is 14.7 Å². The Labute approximate surface area is 152 Å². The molecule has 3 aromatic rings. The molecule has 4 nitrogen and oxygen atoms in total. The minimum Gasteiger partial charge on any atom is -0.289 e. The number of sulfonamides is 1. The van der Waals surface area contributed by atoms with E-state index >= 15 is 0 Å². The van der Waals surface area contributed by atoms with Gasteiger partial charge in [-0.05, 0) is 53.4 Å². The van der Waals surface area contributed by atoms with Crippen molar-refractivity contribution < 1.29 is 13.2 Å². The van der Waals surface area contributed by atoms with Gasteiger partial charge in [0.1, 0.15) is 0 Å². The van der Waals surface area contributed by atoms with Crippen molar-refractivity contribution in [2.24, 2.45) is 0 Å². The first-order chi connectivity index (χ1) is 12.6. The number of nitrogens with one attached hydrogen (secondary N) is 1. The quantitative estimate of drug-likeness (QED) is 0.569. The van der Waals surface area contributed by atoms with Gasteiger partial charge in [0.2, 0.25) is 0 Å². The summed E-state index contributed by atoms with van der Waals surface area (Å²) >= 11 is 0. The monoisotopic (exact) mass is 361 g/mol. The lowest BCUT2D eigenvalue weighted by molar-refractivity contribution is -0.103. The van der Waals surface area contributed by atoms with Gasteiger partial charge in [-0.1, -0.05) is 48.4 Å². The van der Waals surface area contributed by atoms with Crippen LogP contribution in [0.1, 0.15) is 5.56 Å². The van der Waals surface area contributed by atoms with Crippen molar-refractivity contribution in [3.63, 3.8) is 0 Å². The first kappa shape index (κ1) is 17.5. The second kappa shape index (κ2) is 7.68. The number of benzene rings is 3. The molecule has 0 unspecified atom stereocenters. The lowest BCUT2D eigenvalue weighted by atomic mass is 10.1. The van der Waals surface area contributed by atoms with Gasteiger partial charge in [0, 0.05) is 11.3 Å². The Morgan fingerprint density at radius 1 is 0.769 bits per heavy atom. The second-order valence-electron chi connectivity index (χ2n) is 5.46. The van der Waals surface area contributed by atoms with Crippen LogP contribution in [0.15, 0.2) is 83.8 Å². The van der Waals surface area contributed by atoms with E-state index < -0.39 is 10.0 Å². The predicted molar refractivity (Wildman–Crippen MR) is 102 cm³/mol. The normalized spacial score (nSPS) is 10.5. The predicted octanol–water partition coefficient (Wildman–Crippen LogP) is 3.70. The highest BCUT2D eigenvalue weighted by atomic mass is 32.2. The van der Waals surface area contributed by atoms with Crippen LogP contribution < -0.4 is 4.72 Å². The zero-order chi connectivity index (χ0) is 18.4. The molecule has 0 saturated heterocycles. The minimum absolute atomic E-state index is 0.182. The van der Waals surface area contributed by atoms with E-state index in [-0.39, 0.29) is 4.90 Å². The van der Waals surface area contributed by atoms with Gasteiger partial charge >= 0.3 is 0 Å². The molecule has 0 bridgehead atoms. The molecule has 3 aromatic carbocycles. The van der Waals surface area contributed by atoms with Gasteiger partial charge in [0.15, 0.2) is 6.29 Å². The van der Waals surface area contributed by atoms with E-state index in [0.29, 0.717) is 17.5 Å². The summed E-state index contributed by atoms with van der Waals surface area (Å²) in [5.74, 6) is 4.95. The number of aldehydes is 1. The molecule has 0 spiro atoms. The van der Waals surface area contributed by atoms with E-state index in [0.717, 1.165) is 11.1 Å². The van der Waals surface area contributed by atoms with Crippen LogP contribution in [0.3, 0.4) is 0 Å². The highest BCUT2D eigenvalue weighted by Gasteiger charge is 2.14. The average molecular weight is 361 g/mol. The smallest absolute Gasteiger partial charge is 0.261 e. The first-order valence-corrected chi connectivity index (χ1v) is 9.30. The molecule has 0 radical (unpaired) electrons. The lowest BCUT2D eigenvalue weighted by Gasteiger charge is -2.09. The Morgan fingerprint density at radius 3 is 2.00 bits per heavy atom. The third-order valence-corrected chi connectivity index (χ3v) is 5.08. The van der Waals surface area contributed by atoms with Crippen molar-refractivity contribution in [3.8, 4) is 23.0 Å². The maximum absolute atomic E-state index is 12.5. The fraction of sp³-hybridized carbons (Fsp3) is 0. The van der Waals surface area contributed by atoms with Crippen molar-refractivity contribution >= 4 is 22.0 Å². The fourth-order valence-corrected chi connectivity index (χ4v) is 3.46. The number of hydrogen-bond acceptors (Lipinski definition) is 3. The second-order valence-corrected chi connectivity index (χ2v) is 7.14. The third-order valence-electron chi connectivity index (χ3n) is 3.68. The number of hydrogen-bond donors (Lipinski definition) is 1. The summed E-state index contributed by atoms with van der Waals surface area (Å²) in [7, 11) is -3.68. The van der Waals surface area contributed by atoms with E-state index in [2.05, 4.69) is 16.6 Å². The maximum Gasteiger partial charge on any atom is 0.261 e. The molecule has 1 N–H and O–H groups in total. The van der Waals surface area contributed by atoms with Crippen LogP contribution in [0.25, 0.3) is 11.1 Å². The van der Waals surface area contributed by atoms with Gasteiger partial charge in [-0.25, -0.2) is 8.42 Å². The molecule has 0 aliphatic carbocycles. The Balaban J connectivity index is 1.78. The number of rotatable bonds is 4. The third kappa shape index (κ3) is 4.18. The van der Waals surface area contributed by atoms with Gasteiger partial charge in [-0.15, -0.1) is 0 Å². The molecule has 0 aromatic heterocycles. The highest BCUT2D eigenvalue weighted by Crippen LogP contribution is 2.22. The number of carbonyl (C=O) groups excluding carboxylic acids is 1. The Kier molecular flexibility index (Phi) is 5.16. The van der Waals surface area contributed by atoms with Gasteiger partial charge in [-0.3, -0.25) is 9.52 Å². The van der Waals surface area contributed by atoms with Crippen LogP contribution in [0.5, 0.6) is 0 Å². The van der Waals surface area contributed by atoms with Crippen molar-refractivity contribution in [3.05, 3.63) is 84.4 Å². The summed E-state index contributed by atoms with van der Waals surface area (Å²) in [5, 5.41) is 0. The molecule has 0 heterocycles. The van der Waals surface area contributed by atoms with Gasteiger partial charge in [0.05, 0.1) is 4.90 Å². The van der Waals surface area contributed by atoms with E-state index in [1.54, 1.807) is 48.5 Å². The van der Waals surface area contributed by atoms with Gasteiger partial charge in [0.25, 0.3) is 10.0 Å². The van der Waals surface area contributed by atoms with Crippen LogP contribution in [0.4, 0.5) is 5.69 Å². The van der Waals surface area contributed by atoms with Gasteiger partial charge < -0.3 is 0 Å². The largest absolute Gasteiger partial charge is 0.289 e. The molecule has 5 heteroatoms. The topological polar surface area (TPSA) is 63.2 Å². The minimum atomic E-state index is -3.68. The van der Waals surface area contributed by atoms with Crippen LogP contribution in [-0.2, 0) is 14.8 Å². The zero-order valence-electron chi connectivity index (χ0n) is 13.7. The summed E-state index contributed by atoms with van der Waals surface area (Å²) in [4.78, 5) is 10.4. The molecule has 0 fully saturated rings. The number of anilines is 1. The van der Waals surface area contributed by atoms with E-state index in [1.165, 1.54) is 0 Å². The molecule has 0 atom stereocenters. The molecule has 0 aliphatic heterocycles. The zero-order valence-corrected chi connectivity index (χ0v) is 14.5. The Morgan fingerprint density at radius 2 is 1.38 bits per heavy atom.